The first-order chi connectivity index (χ1) is 10.9. The summed E-state index contributed by atoms with van der Waals surface area (Å²) in [6.07, 6.45) is 3.31. The van der Waals surface area contributed by atoms with Crippen LogP contribution in [-0.4, -0.2) is 42.6 Å². The number of nitrogens with zero attached hydrogens (tertiary/aromatic N) is 1. The van der Waals surface area contributed by atoms with E-state index in [0.29, 0.717) is 19.5 Å². The van der Waals surface area contributed by atoms with Gasteiger partial charge in [0.1, 0.15) is 0 Å². The Kier molecular flexibility index (Phi) is 3.32. The molecule has 4 rings (SSSR count). The average molecular weight is 335 g/mol. The van der Waals surface area contributed by atoms with Crippen molar-refractivity contribution in [2.24, 2.45) is 17.3 Å². The standard InChI is InChI=1S/C17H21NO4S/c19-16(20)15-7-14(15)10-23(21,22)18-6-5-17(11-18)8-12-3-1-2-4-13(12)9-17/h1-4,14-15H,5-11H2,(H,19,20)/t14-,15-/m1/s1. The highest BCUT2D eigenvalue weighted by Gasteiger charge is 2.50. The molecule has 1 aromatic rings. The molecule has 0 aromatic heterocycles. The highest BCUT2D eigenvalue weighted by atomic mass is 32.2. The molecule has 5 nitrogen and oxygen atoms in total. The largest absolute Gasteiger partial charge is 0.481 e. The number of aliphatic carboxylic acids is 1. The van der Waals surface area contributed by atoms with E-state index in [2.05, 4.69) is 12.1 Å². The molecule has 0 unspecified atom stereocenters. The van der Waals surface area contributed by atoms with E-state index in [1.54, 1.807) is 4.31 Å². The Hall–Kier alpha value is -1.40. The molecule has 3 aliphatic rings. The normalized spacial score (nSPS) is 28.9. The molecule has 1 saturated carbocycles. The van der Waals surface area contributed by atoms with Crippen LogP contribution in [0.5, 0.6) is 0 Å². The minimum Gasteiger partial charge on any atom is -0.481 e. The number of benzene rings is 1. The van der Waals surface area contributed by atoms with Gasteiger partial charge in [0.25, 0.3) is 0 Å². The summed E-state index contributed by atoms with van der Waals surface area (Å²) < 4.78 is 26.8. The zero-order valence-corrected chi connectivity index (χ0v) is 13.8. The SMILES string of the molecule is O=C(O)[C@@H]1C[C@@H]1CS(=O)(=O)N1CCC2(Cc3ccccc3C2)C1. The quantitative estimate of drug-likeness (QED) is 0.905. The van der Waals surface area contributed by atoms with Gasteiger partial charge in [-0.2, -0.15) is 0 Å². The van der Waals surface area contributed by atoms with Crippen LogP contribution >= 0.6 is 0 Å². The first-order valence-corrected chi connectivity index (χ1v) is 9.77. The Balaban J connectivity index is 1.44. The molecule has 0 radical (unpaired) electrons. The molecule has 2 atom stereocenters. The maximum absolute atomic E-state index is 12.6. The zero-order chi connectivity index (χ0) is 16.2. The van der Waals surface area contributed by atoms with Gasteiger partial charge < -0.3 is 5.11 Å². The molecule has 0 amide bonds. The highest BCUT2D eigenvalue weighted by Crippen LogP contribution is 2.46. The number of rotatable bonds is 4. The number of hydrogen-bond acceptors (Lipinski definition) is 3. The summed E-state index contributed by atoms with van der Waals surface area (Å²) in [6, 6.07) is 8.37. The number of carboxylic acid groups (broad SMARTS) is 1. The lowest BCUT2D eigenvalue weighted by Crippen LogP contribution is -2.35. The van der Waals surface area contributed by atoms with Gasteiger partial charge in [0.15, 0.2) is 0 Å². The van der Waals surface area contributed by atoms with E-state index in [0.717, 1.165) is 19.3 Å². The van der Waals surface area contributed by atoms with Gasteiger partial charge in [-0.15, -0.1) is 0 Å². The van der Waals surface area contributed by atoms with E-state index in [4.69, 9.17) is 5.11 Å². The third kappa shape index (κ3) is 2.68. The second-order valence-corrected chi connectivity index (χ2v) is 9.44. The molecule has 1 aromatic carbocycles. The third-order valence-electron chi connectivity index (χ3n) is 5.71. The van der Waals surface area contributed by atoms with Crippen molar-refractivity contribution in [3.8, 4) is 0 Å². The number of sulfonamides is 1. The van der Waals surface area contributed by atoms with E-state index in [-0.39, 0.29) is 17.1 Å². The average Bonchev–Trinajstić information content (AvgIpc) is 2.97. The van der Waals surface area contributed by atoms with Crippen LogP contribution in [0.25, 0.3) is 0 Å². The summed E-state index contributed by atoms with van der Waals surface area (Å²) in [6.45, 7) is 1.15. The van der Waals surface area contributed by atoms with Gasteiger partial charge in [-0.05, 0) is 48.1 Å². The molecule has 1 saturated heterocycles. The van der Waals surface area contributed by atoms with Gasteiger partial charge in [0.2, 0.25) is 10.0 Å². The van der Waals surface area contributed by atoms with Gasteiger partial charge >= 0.3 is 5.97 Å². The molecule has 2 fully saturated rings. The van der Waals surface area contributed by atoms with E-state index < -0.39 is 21.9 Å². The second-order valence-electron chi connectivity index (χ2n) is 7.42. The minimum atomic E-state index is -3.34. The summed E-state index contributed by atoms with van der Waals surface area (Å²) >= 11 is 0. The monoisotopic (exact) mass is 335 g/mol. The Morgan fingerprint density at radius 1 is 1.26 bits per heavy atom. The summed E-state index contributed by atoms with van der Waals surface area (Å²) in [5.41, 5.74) is 2.74. The zero-order valence-electron chi connectivity index (χ0n) is 12.9. The molecule has 1 heterocycles. The van der Waals surface area contributed by atoms with E-state index in [1.165, 1.54) is 11.1 Å². The highest BCUT2D eigenvalue weighted by molar-refractivity contribution is 7.89. The Morgan fingerprint density at radius 2 is 1.91 bits per heavy atom. The second kappa shape index (κ2) is 5.05. The molecular weight excluding hydrogens is 314 g/mol. The van der Waals surface area contributed by atoms with Crippen LogP contribution in [-0.2, 0) is 27.7 Å². The number of carbonyl (C=O) groups is 1. The van der Waals surface area contributed by atoms with Crippen LogP contribution in [0, 0.1) is 17.3 Å². The topological polar surface area (TPSA) is 74.7 Å². The number of hydrogen-bond donors (Lipinski definition) is 1. The van der Waals surface area contributed by atoms with Gasteiger partial charge in [-0.1, -0.05) is 24.3 Å². The molecule has 23 heavy (non-hydrogen) atoms. The van der Waals surface area contributed by atoms with Crippen LogP contribution in [0.2, 0.25) is 0 Å². The predicted octanol–water partition coefficient (Wildman–Crippen LogP) is 1.53. The van der Waals surface area contributed by atoms with Crippen LogP contribution in [0.15, 0.2) is 24.3 Å². The van der Waals surface area contributed by atoms with Crippen LogP contribution in [0.4, 0.5) is 0 Å². The first kappa shape index (κ1) is 15.1. The smallest absolute Gasteiger partial charge is 0.306 e. The van der Waals surface area contributed by atoms with E-state index >= 15 is 0 Å². The van der Waals surface area contributed by atoms with E-state index in [9.17, 15) is 13.2 Å². The van der Waals surface area contributed by atoms with Crippen molar-refractivity contribution in [2.75, 3.05) is 18.8 Å². The summed E-state index contributed by atoms with van der Waals surface area (Å²) in [7, 11) is -3.34. The fourth-order valence-corrected chi connectivity index (χ4v) is 6.26. The number of carboxylic acids is 1. The van der Waals surface area contributed by atoms with Crippen molar-refractivity contribution in [1.82, 2.24) is 4.31 Å². The molecule has 1 aliphatic heterocycles. The van der Waals surface area contributed by atoms with Crippen LogP contribution in [0.3, 0.4) is 0 Å². The van der Waals surface area contributed by atoms with Gasteiger partial charge in [0.05, 0.1) is 11.7 Å². The maximum atomic E-state index is 12.6. The van der Waals surface area contributed by atoms with Crippen molar-refractivity contribution in [3.63, 3.8) is 0 Å². The van der Waals surface area contributed by atoms with E-state index in [1.807, 2.05) is 12.1 Å². The fraction of sp³-hybridized carbons (Fsp3) is 0.588. The van der Waals surface area contributed by atoms with Gasteiger partial charge in [-0.3, -0.25) is 4.79 Å². The molecular formula is C17H21NO4S. The number of fused-ring (bicyclic) bond motifs is 1. The van der Waals surface area contributed by atoms with Crippen molar-refractivity contribution in [2.45, 2.75) is 25.7 Å². The fourth-order valence-electron chi connectivity index (χ4n) is 4.30. The summed E-state index contributed by atoms with van der Waals surface area (Å²) in [4.78, 5) is 10.9. The van der Waals surface area contributed by atoms with Gasteiger partial charge in [0, 0.05) is 13.1 Å². The minimum absolute atomic E-state index is 0.00695. The lowest BCUT2D eigenvalue weighted by Gasteiger charge is -2.23. The Labute approximate surface area is 136 Å². The Bertz CT molecular complexity index is 733. The van der Waals surface area contributed by atoms with Crippen molar-refractivity contribution in [1.29, 1.82) is 0 Å². The molecule has 1 N–H and O–H groups in total. The lowest BCUT2D eigenvalue weighted by molar-refractivity contribution is -0.138. The molecule has 2 aliphatic carbocycles. The third-order valence-corrected chi connectivity index (χ3v) is 7.66. The Morgan fingerprint density at radius 3 is 2.48 bits per heavy atom. The predicted molar refractivity (Wildman–Crippen MR) is 85.5 cm³/mol. The lowest BCUT2D eigenvalue weighted by atomic mass is 9.84. The van der Waals surface area contributed by atoms with Crippen molar-refractivity contribution >= 4 is 16.0 Å². The van der Waals surface area contributed by atoms with Crippen molar-refractivity contribution in [3.05, 3.63) is 35.4 Å². The van der Waals surface area contributed by atoms with Crippen LogP contribution in [0.1, 0.15) is 24.0 Å². The van der Waals surface area contributed by atoms with Crippen molar-refractivity contribution < 1.29 is 18.3 Å². The molecule has 124 valence electrons. The van der Waals surface area contributed by atoms with Crippen LogP contribution < -0.4 is 0 Å². The summed E-state index contributed by atoms with van der Waals surface area (Å²) in [5, 5.41) is 8.95. The molecule has 0 bridgehead atoms. The molecule has 1 spiro atoms. The maximum Gasteiger partial charge on any atom is 0.306 e. The summed E-state index contributed by atoms with van der Waals surface area (Å²) in [5.74, 6) is -1.53. The van der Waals surface area contributed by atoms with Gasteiger partial charge in [-0.25, -0.2) is 12.7 Å². The molecule has 6 heteroatoms. The first-order valence-electron chi connectivity index (χ1n) is 8.16.